The van der Waals surface area contributed by atoms with Gasteiger partial charge in [-0.05, 0) is 51.4 Å². The molecule has 3 N–H and O–H groups in total. The van der Waals surface area contributed by atoms with Gasteiger partial charge in [0.05, 0.1) is 12.6 Å². The highest BCUT2D eigenvalue weighted by Crippen LogP contribution is 2.42. The number of nitrogens with one attached hydrogen (secondary N) is 1. The lowest BCUT2D eigenvalue weighted by atomic mass is 9.69. The van der Waals surface area contributed by atoms with Crippen LogP contribution in [0.2, 0.25) is 0 Å². The molecule has 2 bridgehead atoms. The first-order chi connectivity index (χ1) is 19.5. The molecular formula is C28H52N4O8S. The third-order valence-corrected chi connectivity index (χ3v) is 9.54. The second kappa shape index (κ2) is 15.3. The Labute approximate surface area is 246 Å². The number of ether oxygens (including phenoxy) is 1. The van der Waals surface area contributed by atoms with Gasteiger partial charge in [-0.15, -0.1) is 4.28 Å². The average Bonchev–Trinajstić information content (AvgIpc) is 3.18. The number of nitrogens with two attached hydrogens (primary N) is 1. The summed E-state index contributed by atoms with van der Waals surface area (Å²) in [5, 5.41) is 0.860. The molecule has 3 amide bonds. The van der Waals surface area contributed by atoms with E-state index in [1.807, 2.05) is 20.8 Å². The largest absolute Gasteiger partial charge is 0.421 e. The Kier molecular flexibility index (Phi) is 12.7. The molecule has 0 aromatic carbocycles. The minimum atomic E-state index is -4.68. The van der Waals surface area contributed by atoms with E-state index < -0.39 is 45.6 Å². The number of piperidine rings is 1. The van der Waals surface area contributed by atoms with E-state index in [9.17, 15) is 18.0 Å². The van der Waals surface area contributed by atoms with E-state index in [1.165, 1.54) is 4.90 Å². The van der Waals surface area contributed by atoms with Crippen molar-refractivity contribution in [1.82, 2.24) is 15.4 Å². The topological polar surface area (TPSA) is 150 Å². The molecule has 3 fully saturated rings. The van der Waals surface area contributed by atoms with Crippen molar-refractivity contribution in [2.45, 2.75) is 147 Å². The van der Waals surface area contributed by atoms with Crippen LogP contribution < -0.4 is 11.2 Å². The fraction of sp³-hybridized carbons (Fsp3) is 0.929. The summed E-state index contributed by atoms with van der Waals surface area (Å²) in [4.78, 5) is 33.1. The minimum Gasteiger partial charge on any atom is -0.379 e. The van der Waals surface area contributed by atoms with E-state index in [1.54, 1.807) is 0 Å². The van der Waals surface area contributed by atoms with Crippen molar-refractivity contribution in [2.24, 2.45) is 5.73 Å². The van der Waals surface area contributed by atoms with E-state index in [0.29, 0.717) is 58.2 Å². The van der Waals surface area contributed by atoms with E-state index in [0.717, 1.165) is 50.0 Å². The van der Waals surface area contributed by atoms with Crippen molar-refractivity contribution in [2.75, 3.05) is 19.8 Å². The number of nitrogens with zero attached hydrogens (tertiary/aromatic N) is 2. The molecule has 3 heterocycles. The van der Waals surface area contributed by atoms with Crippen LogP contribution in [0.1, 0.15) is 118 Å². The Balaban J connectivity index is 1.74. The van der Waals surface area contributed by atoms with Gasteiger partial charge in [0, 0.05) is 18.7 Å². The van der Waals surface area contributed by atoms with Crippen LogP contribution in [0.15, 0.2) is 0 Å². The van der Waals surface area contributed by atoms with Crippen LogP contribution in [-0.4, -0.2) is 79.4 Å². The molecule has 12 nitrogen and oxygen atoms in total. The van der Waals surface area contributed by atoms with Gasteiger partial charge >= 0.3 is 16.4 Å². The second-order valence-corrected chi connectivity index (χ2v) is 13.0. The number of carbonyl (C=O) groups is 2. The van der Waals surface area contributed by atoms with Crippen LogP contribution in [0, 0.1) is 0 Å². The van der Waals surface area contributed by atoms with Crippen LogP contribution in [0.5, 0.6) is 0 Å². The van der Waals surface area contributed by atoms with Crippen molar-refractivity contribution in [3.63, 3.8) is 0 Å². The number of hydrogen-bond donors (Lipinski definition) is 2. The van der Waals surface area contributed by atoms with Gasteiger partial charge in [0.2, 0.25) is 0 Å². The molecule has 0 saturated carbocycles. The summed E-state index contributed by atoms with van der Waals surface area (Å²) in [5.41, 5.74) is 7.50. The van der Waals surface area contributed by atoms with Gasteiger partial charge in [-0.3, -0.25) is 9.63 Å². The lowest BCUT2D eigenvalue weighted by Crippen LogP contribution is -2.63. The Bertz CT molecular complexity index is 963. The van der Waals surface area contributed by atoms with Gasteiger partial charge in [0.1, 0.15) is 17.7 Å². The highest BCUT2D eigenvalue weighted by atomic mass is 32.3. The zero-order valence-electron chi connectivity index (χ0n) is 25.4. The number of carbonyl (C=O) groups excluding carboxylic acids is 2. The van der Waals surface area contributed by atoms with Crippen LogP contribution in [-0.2, 0) is 33.2 Å². The summed E-state index contributed by atoms with van der Waals surface area (Å²) in [7, 11) is -4.68. The lowest BCUT2D eigenvalue weighted by Gasteiger charge is -2.48. The monoisotopic (exact) mass is 604 g/mol. The van der Waals surface area contributed by atoms with Gasteiger partial charge in [0.25, 0.3) is 5.91 Å². The molecule has 41 heavy (non-hydrogen) atoms. The first kappa shape index (κ1) is 34.0. The van der Waals surface area contributed by atoms with Crippen LogP contribution in [0.4, 0.5) is 4.79 Å². The maximum Gasteiger partial charge on any atom is 0.421 e. The number of amides is 3. The second-order valence-electron chi connectivity index (χ2n) is 11.9. The first-order valence-electron chi connectivity index (χ1n) is 15.6. The molecule has 3 aliphatic rings. The van der Waals surface area contributed by atoms with Crippen LogP contribution in [0.3, 0.4) is 0 Å². The summed E-state index contributed by atoms with van der Waals surface area (Å²) < 4.78 is 44.0. The Hall–Kier alpha value is -1.51. The number of rotatable bonds is 18. The minimum absolute atomic E-state index is 0.169. The van der Waals surface area contributed by atoms with Gasteiger partial charge in [-0.1, -0.05) is 66.2 Å². The zero-order valence-corrected chi connectivity index (χ0v) is 26.2. The number of urea groups is 1. The molecule has 238 valence electrons. The normalized spacial score (nSPS) is 26.1. The van der Waals surface area contributed by atoms with Crippen molar-refractivity contribution >= 4 is 22.3 Å². The zero-order chi connectivity index (χ0) is 30.1. The van der Waals surface area contributed by atoms with Gasteiger partial charge in [-0.2, -0.15) is 13.5 Å². The highest BCUT2D eigenvalue weighted by molar-refractivity contribution is 7.81. The molecule has 3 aliphatic heterocycles. The number of fused-ring (bicyclic) bond motifs is 2. The highest BCUT2D eigenvalue weighted by Gasteiger charge is 2.54. The van der Waals surface area contributed by atoms with Crippen LogP contribution in [0.25, 0.3) is 0 Å². The molecule has 5 atom stereocenters. The van der Waals surface area contributed by atoms with Gasteiger partial charge in [0.15, 0.2) is 0 Å². The van der Waals surface area contributed by atoms with Crippen molar-refractivity contribution in [1.29, 1.82) is 0 Å². The predicted octanol–water partition coefficient (Wildman–Crippen LogP) is 4.09. The van der Waals surface area contributed by atoms with Gasteiger partial charge < -0.3 is 15.4 Å². The number of unbranched alkanes of at least 4 members (excludes halogenated alkanes) is 2. The van der Waals surface area contributed by atoms with Crippen molar-refractivity contribution < 1.29 is 36.0 Å². The van der Waals surface area contributed by atoms with E-state index >= 15 is 0 Å². The standard InChI is InChI=1S/C28H52N4O8S/c1-5-9-17-27(29,15-7-3)28(16-8-4,18-10-6-2)39-41(35,36)40-32-22-13-14-24(31(20-22)26(32)34)25(33)30-38-23-12-11-19-37-21-23/h22-24H,5-21,29H2,1-4H3,(H,30,33)/t22-,23?,24+,27?,28?/m1/s1. The average molecular weight is 605 g/mol. The molecular weight excluding hydrogens is 552 g/mol. The number of hydrogen-bond acceptors (Lipinski definition) is 9. The smallest absolute Gasteiger partial charge is 0.379 e. The Morgan fingerprint density at radius 2 is 1.73 bits per heavy atom. The van der Waals surface area contributed by atoms with Crippen molar-refractivity contribution in [3.05, 3.63) is 0 Å². The first-order valence-corrected chi connectivity index (χ1v) is 17.0. The van der Waals surface area contributed by atoms with E-state index in [-0.39, 0.29) is 12.6 Å². The molecule has 0 radical (unpaired) electrons. The quantitative estimate of drug-likeness (QED) is 0.221. The summed E-state index contributed by atoms with van der Waals surface area (Å²) in [6.07, 6.45) is 9.12. The summed E-state index contributed by atoms with van der Waals surface area (Å²) >= 11 is 0. The maximum absolute atomic E-state index is 13.6. The summed E-state index contributed by atoms with van der Waals surface area (Å²) in [6, 6.07) is -2.00. The Morgan fingerprint density at radius 1 is 1.02 bits per heavy atom. The molecule has 3 rings (SSSR count). The maximum atomic E-state index is 13.6. The molecule has 3 saturated heterocycles. The summed E-state index contributed by atoms with van der Waals surface area (Å²) in [6.45, 7) is 9.38. The fourth-order valence-electron chi connectivity index (χ4n) is 6.50. The predicted molar refractivity (Wildman–Crippen MR) is 153 cm³/mol. The molecule has 0 aromatic heterocycles. The van der Waals surface area contributed by atoms with Crippen molar-refractivity contribution in [3.8, 4) is 0 Å². The molecule has 0 aromatic rings. The fourth-order valence-corrected chi connectivity index (χ4v) is 7.64. The molecule has 0 aliphatic carbocycles. The SMILES string of the molecule is CCCCC(N)(CCC)C(CCC)(CCCC)OS(=O)(=O)ON1C(=O)N2C[C@H]1CC[C@H]2C(=O)NOC1CCCOC1. The number of hydroxylamine groups is 3. The third kappa shape index (κ3) is 8.32. The van der Waals surface area contributed by atoms with E-state index in [4.69, 9.17) is 23.8 Å². The van der Waals surface area contributed by atoms with Crippen LogP contribution >= 0.6 is 0 Å². The van der Waals surface area contributed by atoms with Gasteiger partial charge in [-0.25, -0.2) is 14.5 Å². The molecule has 3 unspecified atom stereocenters. The van der Waals surface area contributed by atoms with E-state index in [2.05, 4.69) is 12.4 Å². The molecule has 13 heteroatoms. The lowest BCUT2D eigenvalue weighted by molar-refractivity contribution is -0.150. The Morgan fingerprint density at radius 3 is 2.37 bits per heavy atom. The molecule has 0 spiro atoms. The summed E-state index contributed by atoms with van der Waals surface area (Å²) in [5.74, 6) is -0.451. The third-order valence-electron chi connectivity index (χ3n) is 8.67.